The van der Waals surface area contributed by atoms with E-state index in [1.807, 2.05) is 19.1 Å². The molecule has 0 spiro atoms. The Morgan fingerprint density at radius 3 is 2.74 bits per heavy atom. The van der Waals surface area contributed by atoms with Crippen LogP contribution in [0.1, 0.15) is 35.2 Å². The molecule has 1 aliphatic rings. The monoisotopic (exact) mass is 261 g/mol. The lowest BCUT2D eigenvalue weighted by atomic mass is 10.1. The molecule has 4 nitrogen and oxygen atoms in total. The van der Waals surface area contributed by atoms with Crippen molar-refractivity contribution in [2.75, 3.05) is 31.9 Å². The summed E-state index contributed by atoms with van der Waals surface area (Å²) in [5, 5.41) is 2.97. The number of carbonyl (C=O) groups excluding carboxylic acids is 1. The minimum absolute atomic E-state index is 0.0624. The van der Waals surface area contributed by atoms with Crippen molar-refractivity contribution in [3.8, 4) is 0 Å². The first-order chi connectivity index (χ1) is 9.18. The molecule has 1 fully saturated rings. The molecule has 0 atom stereocenters. The van der Waals surface area contributed by atoms with E-state index in [1.165, 1.54) is 19.3 Å². The first kappa shape index (κ1) is 13.9. The fourth-order valence-electron chi connectivity index (χ4n) is 2.60. The van der Waals surface area contributed by atoms with Gasteiger partial charge in [0, 0.05) is 18.8 Å². The number of benzene rings is 1. The number of piperidine rings is 1. The molecule has 1 saturated heterocycles. The summed E-state index contributed by atoms with van der Waals surface area (Å²) in [4.78, 5) is 14.5. The maximum absolute atomic E-state index is 12.1. The number of anilines is 1. The Hall–Kier alpha value is -1.55. The van der Waals surface area contributed by atoms with Crippen molar-refractivity contribution >= 4 is 11.6 Å². The van der Waals surface area contributed by atoms with Gasteiger partial charge in [0.05, 0.1) is 5.56 Å². The fourth-order valence-corrected chi connectivity index (χ4v) is 2.60. The molecule has 0 unspecified atom stereocenters. The highest BCUT2D eigenvalue weighted by molar-refractivity contribution is 6.00. The van der Waals surface area contributed by atoms with Gasteiger partial charge in [-0.15, -0.1) is 0 Å². The Morgan fingerprint density at radius 1 is 1.32 bits per heavy atom. The maximum Gasteiger partial charge on any atom is 0.253 e. The van der Waals surface area contributed by atoms with Gasteiger partial charge in [0.15, 0.2) is 0 Å². The van der Waals surface area contributed by atoms with Gasteiger partial charge in [0.25, 0.3) is 5.91 Å². The average Bonchev–Trinajstić information content (AvgIpc) is 2.40. The number of aryl methyl sites for hydroxylation is 1. The fraction of sp³-hybridized carbons (Fsp3) is 0.533. The molecule has 0 saturated carbocycles. The molecular formula is C15H23N3O. The molecule has 0 aromatic heterocycles. The first-order valence-electron chi connectivity index (χ1n) is 7.04. The van der Waals surface area contributed by atoms with E-state index in [-0.39, 0.29) is 5.91 Å². The Kier molecular flexibility index (Phi) is 4.80. The third-order valence-electron chi connectivity index (χ3n) is 3.69. The maximum atomic E-state index is 12.1. The third-order valence-corrected chi connectivity index (χ3v) is 3.69. The molecule has 2 rings (SSSR count). The number of hydrogen-bond acceptors (Lipinski definition) is 3. The molecule has 104 valence electrons. The van der Waals surface area contributed by atoms with Gasteiger partial charge < -0.3 is 16.0 Å². The SMILES string of the molecule is Cc1cccc(N)c1C(=O)NCCN1CCCCC1. The number of rotatable bonds is 4. The number of nitrogens with two attached hydrogens (primary N) is 1. The van der Waals surface area contributed by atoms with Gasteiger partial charge in [-0.3, -0.25) is 4.79 Å². The van der Waals surface area contributed by atoms with E-state index >= 15 is 0 Å². The van der Waals surface area contributed by atoms with Crippen molar-refractivity contribution in [2.45, 2.75) is 26.2 Å². The zero-order chi connectivity index (χ0) is 13.7. The standard InChI is InChI=1S/C15H23N3O/c1-12-6-5-7-13(16)14(12)15(19)17-8-11-18-9-3-2-4-10-18/h5-7H,2-4,8-11,16H2,1H3,(H,17,19). The molecule has 1 aromatic carbocycles. The number of carbonyl (C=O) groups is 1. The summed E-state index contributed by atoms with van der Waals surface area (Å²) < 4.78 is 0. The van der Waals surface area contributed by atoms with Gasteiger partial charge in [-0.2, -0.15) is 0 Å². The summed E-state index contributed by atoms with van der Waals surface area (Å²) in [6.07, 6.45) is 3.89. The predicted molar refractivity (Wildman–Crippen MR) is 78.2 cm³/mol. The minimum Gasteiger partial charge on any atom is -0.398 e. The zero-order valence-electron chi connectivity index (χ0n) is 11.6. The summed E-state index contributed by atoms with van der Waals surface area (Å²) in [5.74, 6) is -0.0624. The van der Waals surface area contributed by atoms with Crippen LogP contribution < -0.4 is 11.1 Å². The van der Waals surface area contributed by atoms with Crippen molar-refractivity contribution in [3.05, 3.63) is 29.3 Å². The highest BCUT2D eigenvalue weighted by Crippen LogP contribution is 2.15. The second-order valence-corrected chi connectivity index (χ2v) is 5.20. The molecule has 1 aliphatic heterocycles. The number of amides is 1. The lowest BCUT2D eigenvalue weighted by Crippen LogP contribution is -2.38. The lowest BCUT2D eigenvalue weighted by molar-refractivity contribution is 0.0947. The van der Waals surface area contributed by atoms with Gasteiger partial charge >= 0.3 is 0 Å². The normalized spacial score (nSPS) is 16.3. The second-order valence-electron chi connectivity index (χ2n) is 5.20. The third kappa shape index (κ3) is 3.70. The number of likely N-dealkylation sites (tertiary alicyclic amines) is 1. The predicted octanol–water partition coefficient (Wildman–Crippen LogP) is 1.79. The average molecular weight is 261 g/mol. The highest BCUT2D eigenvalue weighted by atomic mass is 16.1. The van der Waals surface area contributed by atoms with Crippen molar-refractivity contribution < 1.29 is 4.79 Å². The van der Waals surface area contributed by atoms with Gasteiger partial charge in [0.2, 0.25) is 0 Å². The molecule has 0 radical (unpaired) electrons. The van der Waals surface area contributed by atoms with Gasteiger partial charge in [-0.1, -0.05) is 18.6 Å². The number of nitrogens with one attached hydrogen (secondary N) is 1. The van der Waals surface area contributed by atoms with E-state index in [0.717, 1.165) is 25.2 Å². The van der Waals surface area contributed by atoms with Crippen LogP contribution in [0.15, 0.2) is 18.2 Å². The number of nitrogen functional groups attached to an aromatic ring is 1. The molecule has 1 heterocycles. The summed E-state index contributed by atoms with van der Waals surface area (Å²) >= 11 is 0. The van der Waals surface area contributed by atoms with Crippen LogP contribution in [0, 0.1) is 6.92 Å². The van der Waals surface area contributed by atoms with Gasteiger partial charge in [-0.05, 0) is 44.5 Å². The van der Waals surface area contributed by atoms with Crippen molar-refractivity contribution in [2.24, 2.45) is 0 Å². The summed E-state index contributed by atoms with van der Waals surface area (Å²) in [6, 6.07) is 5.55. The van der Waals surface area contributed by atoms with Crippen molar-refractivity contribution in [1.82, 2.24) is 10.2 Å². The second kappa shape index (κ2) is 6.57. The van der Waals surface area contributed by atoms with E-state index in [2.05, 4.69) is 10.2 Å². The summed E-state index contributed by atoms with van der Waals surface area (Å²) in [5.41, 5.74) is 7.96. The van der Waals surface area contributed by atoms with E-state index < -0.39 is 0 Å². The van der Waals surface area contributed by atoms with E-state index in [4.69, 9.17) is 5.73 Å². The molecule has 4 heteroatoms. The first-order valence-corrected chi connectivity index (χ1v) is 7.04. The Labute approximate surface area is 115 Å². The van der Waals surface area contributed by atoms with E-state index in [9.17, 15) is 4.79 Å². The van der Waals surface area contributed by atoms with E-state index in [1.54, 1.807) is 6.07 Å². The molecule has 19 heavy (non-hydrogen) atoms. The van der Waals surface area contributed by atoms with Gasteiger partial charge in [0.1, 0.15) is 0 Å². The van der Waals surface area contributed by atoms with Crippen LogP contribution >= 0.6 is 0 Å². The number of hydrogen-bond donors (Lipinski definition) is 2. The van der Waals surface area contributed by atoms with Crippen LogP contribution in [0.5, 0.6) is 0 Å². The molecule has 0 aliphatic carbocycles. The van der Waals surface area contributed by atoms with E-state index in [0.29, 0.717) is 17.8 Å². The van der Waals surface area contributed by atoms with Gasteiger partial charge in [-0.25, -0.2) is 0 Å². The quantitative estimate of drug-likeness (QED) is 0.812. The van der Waals surface area contributed by atoms with Crippen LogP contribution in [0.4, 0.5) is 5.69 Å². The van der Waals surface area contributed by atoms with Crippen molar-refractivity contribution in [3.63, 3.8) is 0 Å². The van der Waals surface area contributed by atoms with Crippen LogP contribution in [-0.4, -0.2) is 37.0 Å². The molecular weight excluding hydrogens is 238 g/mol. The lowest BCUT2D eigenvalue weighted by Gasteiger charge is -2.26. The topological polar surface area (TPSA) is 58.4 Å². The Bertz CT molecular complexity index is 419. The van der Waals surface area contributed by atoms with Crippen LogP contribution in [0.2, 0.25) is 0 Å². The number of nitrogens with zero attached hydrogens (tertiary/aromatic N) is 1. The van der Waals surface area contributed by atoms with Crippen molar-refractivity contribution in [1.29, 1.82) is 0 Å². The minimum atomic E-state index is -0.0624. The summed E-state index contributed by atoms with van der Waals surface area (Å²) in [6.45, 7) is 5.84. The summed E-state index contributed by atoms with van der Waals surface area (Å²) in [7, 11) is 0. The molecule has 3 N–H and O–H groups in total. The largest absolute Gasteiger partial charge is 0.398 e. The van der Waals surface area contributed by atoms with Crippen LogP contribution in [0.25, 0.3) is 0 Å². The molecule has 1 amide bonds. The Morgan fingerprint density at radius 2 is 2.05 bits per heavy atom. The highest BCUT2D eigenvalue weighted by Gasteiger charge is 2.13. The molecule has 1 aromatic rings. The zero-order valence-corrected chi connectivity index (χ0v) is 11.6. The van der Waals surface area contributed by atoms with Crippen LogP contribution in [0.3, 0.4) is 0 Å². The Balaban J connectivity index is 1.84. The molecule has 0 bridgehead atoms. The smallest absolute Gasteiger partial charge is 0.253 e. The van der Waals surface area contributed by atoms with Crippen LogP contribution in [-0.2, 0) is 0 Å².